The number of nitrogens with zero attached hydrogens (tertiary/aromatic N) is 3. The van der Waals surface area contributed by atoms with Gasteiger partial charge in [-0.05, 0) is 42.7 Å². The quantitative estimate of drug-likeness (QED) is 0.862. The Morgan fingerprint density at radius 1 is 1.05 bits per heavy atom. The van der Waals surface area contributed by atoms with E-state index in [9.17, 15) is 0 Å². The van der Waals surface area contributed by atoms with E-state index in [1.807, 2.05) is 42.6 Å². The first-order valence-corrected chi connectivity index (χ1v) is 7.25. The molecule has 1 fully saturated rings. The van der Waals surface area contributed by atoms with Gasteiger partial charge in [-0.15, -0.1) is 0 Å². The van der Waals surface area contributed by atoms with Gasteiger partial charge >= 0.3 is 0 Å². The minimum Gasteiger partial charge on any atom is -0.497 e. The van der Waals surface area contributed by atoms with Crippen LogP contribution < -0.4 is 9.64 Å². The van der Waals surface area contributed by atoms with Gasteiger partial charge in [-0.3, -0.25) is 0 Å². The van der Waals surface area contributed by atoms with E-state index in [-0.39, 0.29) is 0 Å². The van der Waals surface area contributed by atoms with E-state index in [2.05, 4.69) is 20.9 Å². The van der Waals surface area contributed by atoms with Gasteiger partial charge in [0.1, 0.15) is 5.75 Å². The Bertz CT molecular complexity index is 616. The standard InChI is InChI=1S/C17H19N3O/c1-21-16-8-5-14(6-9-16)4-7-15-10-11-18-17(19-15)20-12-2-3-13-20/h4-11H,2-3,12-13H2,1H3. The van der Waals surface area contributed by atoms with E-state index in [1.54, 1.807) is 7.11 Å². The molecule has 108 valence electrons. The Kier molecular flexibility index (Phi) is 4.15. The summed E-state index contributed by atoms with van der Waals surface area (Å²) in [5.41, 5.74) is 2.06. The number of rotatable bonds is 4. The van der Waals surface area contributed by atoms with E-state index in [4.69, 9.17) is 4.74 Å². The molecule has 2 aromatic rings. The van der Waals surface area contributed by atoms with Crippen molar-refractivity contribution in [3.63, 3.8) is 0 Å². The fourth-order valence-corrected chi connectivity index (χ4v) is 2.42. The summed E-state index contributed by atoms with van der Waals surface area (Å²) in [5.74, 6) is 1.70. The van der Waals surface area contributed by atoms with Crippen molar-refractivity contribution < 1.29 is 4.74 Å². The van der Waals surface area contributed by atoms with Gasteiger partial charge in [0.15, 0.2) is 0 Å². The molecule has 0 saturated carbocycles. The molecule has 4 nitrogen and oxygen atoms in total. The van der Waals surface area contributed by atoms with Gasteiger partial charge in [-0.2, -0.15) is 0 Å². The third kappa shape index (κ3) is 3.40. The van der Waals surface area contributed by atoms with Gasteiger partial charge in [0.25, 0.3) is 0 Å². The minimum absolute atomic E-state index is 0.837. The van der Waals surface area contributed by atoms with E-state index in [0.29, 0.717) is 0 Å². The molecular formula is C17H19N3O. The number of anilines is 1. The maximum atomic E-state index is 5.15. The molecule has 1 saturated heterocycles. The molecule has 0 spiro atoms. The molecule has 21 heavy (non-hydrogen) atoms. The predicted molar refractivity (Wildman–Crippen MR) is 85.4 cm³/mol. The minimum atomic E-state index is 0.837. The second-order valence-electron chi connectivity index (χ2n) is 5.08. The zero-order chi connectivity index (χ0) is 14.5. The molecule has 0 unspecified atom stereocenters. The van der Waals surface area contributed by atoms with Crippen molar-refractivity contribution >= 4 is 18.1 Å². The van der Waals surface area contributed by atoms with Crippen LogP contribution in [0.3, 0.4) is 0 Å². The Labute approximate surface area is 125 Å². The van der Waals surface area contributed by atoms with Gasteiger partial charge in [-0.1, -0.05) is 18.2 Å². The fraction of sp³-hybridized carbons (Fsp3) is 0.294. The van der Waals surface area contributed by atoms with Crippen molar-refractivity contribution in [2.45, 2.75) is 12.8 Å². The molecule has 1 aliphatic rings. The summed E-state index contributed by atoms with van der Waals surface area (Å²) < 4.78 is 5.15. The van der Waals surface area contributed by atoms with Crippen molar-refractivity contribution in [3.8, 4) is 5.75 Å². The average molecular weight is 281 g/mol. The summed E-state index contributed by atoms with van der Waals surface area (Å²) in [4.78, 5) is 11.2. The second-order valence-corrected chi connectivity index (χ2v) is 5.08. The van der Waals surface area contributed by atoms with Crippen LogP contribution in [0.25, 0.3) is 12.2 Å². The third-order valence-corrected chi connectivity index (χ3v) is 3.62. The third-order valence-electron chi connectivity index (χ3n) is 3.62. The second kappa shape index (κ2) is 6.39. The molecule has 3 rings (SSSR count). The van der Waals surface area contributed by atoms with Crippen LogP contribution in [-0.4, -0.2) is 30.2 Å². The van der Waals surface area contributed by atoms with Gasteiger partial charge < -0.3 is 9.64 Å². The molecule has 2 heterocycles. The molecule has 0 amide bonds. The Morgan fingerprint density at radius 2 is 1.81 bits per heavy atom. The van der Waals surface area contributed by atoms with Gasteiger partial charge in [0.05, 0.1) is 12.8 Å². The van der Waals surface area contributed by atoms with Crippen LogP contribution in [0.5, 0.6) is 5.75 Å². The lowest BCUT2D eigenvalue weighted by Gasteiger charge is -2.14. The highest BCUT2D eigenvalue weighted by Crippen LogP contribution is 2.17. The van der Waals surface area contributed by atoms with Gasteiger partial charge in [-0.25, -0.2) is 9.97 Å². The van der Waals surface area contributed by atoms with Crippen LogP contribution >= 0.6 is 0 Å². The molecule has 0 N–H and O–H groups in total. The molecule has 4 heteroatoms. The largest absolute Gasteiger partial charge is 0.497 e. The summed E-state index contributed by atoms with van der Waals surface area (Å²) in [6.07, 6.45) is 8.36. The highest BCUT2D eigenvalue weighted by Gasteiger charge is 2.14. The Morgan fingerprint density at radius 3 is 2.52 bits per heavy atom. The topological polar surface area (TPSA) is 38.2 Å². The van der Waals surface area contributed by atoms with Crippen molar-refractivity contribution in [2.75, 3.05) is 25.1 Å². The number of hydrogen-bond acceptors (Lipinski definition) is 4. The summed E-state index contributed by atoms with van der Waals surface area (Å²) in [5, 5.41) is 0. The summed E-state index contributed by atoms with van der Waals surface area (Å²) >= 11 is 0. The Hall–Kier alpha value is -2.36. The van der Waals surface area contributed by atoms with Crippen molar-refractivity contribution in [1.29, 1.82) is 0 Å². The number of benzene rings is 1. The maximum Gasteiger partial charge on any atom is 0.225 e. The monoisotopic (exact) mass is 281 g/mol. The average Bonchev–Trinajstić information content (AvgIpc) is 3.08. The molecule has 0 atom stereocenters. The summed E-state index contributed by atoms with van der Waals surface area (Å²) in [6.45, 7) is 2.12. The number of aromatic nitrogens is 2. The molecule has 0 radical (unpaired) electrons. The van der Waals surface area contributed by atoms with Crippen LogP contribution in [0.2, 0.25) is 0 Å². The van der Waals surface area contributed by atoms with Crippen LogP contribution in [0.15, 0.2) is 36.5 Å². The first kappa shape index (κ1) is 13.6. The molecule has 1 aliphatic heterocycles. The van der Waals surface area contributed by atoms with E-state index in [0.717, 1.165) is 36.0 Å². The normalized spacial score (nSPS) is 14.8. The first-order valence-electron chi connectivity index (χ1n) is 7.25. The SMILES string of the molecule is COc1ccc(C=Cc2ccnc(N3CCCC3)n2)cc1. The number of hydrogen-bond donors (Lipinski definition) is 0. The zero-order valence-corrected chi connectivity index (χ0v) is 12.2. The molecule has 0 aliphatic carbocycles. The van der Waals surface area contributed by atoms with E-state index in [1.165, 1.54) is 12.8 Å². The lowest BCUT2D eigenvalue weighted by atomic mass is 10.2. The van der Waals surface area contributed by atoms with Crippen LogP contribution in [0.4, 0.5) is 5.95 Å². The first-order chi connectivity index (χ1) is 10.3. The van der Waals surface area contributed by atoms with Gasteiger partial charge in [0.2, 0.25) is 5.95 Å². The van der Waals surface area contributed by atoms with Crippen LogP contribution in [0, 0.1) is 0 Å². The summed E-state index contributed by atoms with van der Waals surface area (Å²) in [7, 11) is 1.67. The zero-order valence-electron chi connectivity index (χ0n) is 12.2. The molecular weight excluding hydrogens is 262 g/mol. The molecule has 1 aromatic carbocycles. The van der Waals surface area contributed by atoms with Crippen molar-refractivity contribution in [2.24, 2.45) is 0 Å². The number of ether oxygens (including phenoxy) is 1. The number of methoxy groups -OCH3 is 1. The molecule has 0 bridgehead atoms. The predicted octanol–water partition coefficient (Wildman–Crippen LogP) is 3.26. The lowest BCUT2D eigenvalue weighted by molar-refractivity contribution is 0.415. The lowest BCUT2D eigenvalue weighted by Crippen LogP contribution is -2.20. The van der Waals surface area contributed by atoms with Crippen molar-refractivity contribution in [1.82, 2.24) is 9.97 Å². The highest BCUT2D eigenvalue weighted by atomic mass is 16.5. The fourth-order valence-electron chi connectivity index (χ4n) is 2.42. The van der Waals surface area contributed by atoms with E-state index < -0.39 is 0 Å². The van der Waals surface area contributed by atoms with Crippen LogP contribution in [-0.2, 0) is 0 Å². The van der Waals surface area contributed by atoms with Gasteiger partial charge in [0, 0.05) is 19.3 Å². The van der Waals surface area contributed by atoms with Crippen LogP contribution in [0.1, 0.15) is 24.1 Å². The highest BCUT2D eigenvalue weighted by molar-refractivity contribution is 5.68. The smallest absolute Gasteiger partial charge is 0.225 e. The van der Waals surface area contributed by atoms with E-state index >= 15 is 0 Å². The molecule has 1 aromatic heterocycles. The maximum absolute atomic E-state index is 5.15. The van der Waals surface area contributed by atoms with Crippen molar-refractivity contribution in [3.05, 3.63) is 47.8 Å². The summed E-state index contributed by atoms with van der Waals surface area (Å²) in [6, 6.07) is 9.89. The Balaban J connectivity index is 1.74.